The minimum atomic E-state index is -4.49. The Morgan fingerprint density at radius 2 is 1.94 bits per heavy atom. The van der Waals surface area contributed by atoms with Gasteiger partial charge in [0.25, 0.3) is 0 Å². The maximum absolute atomic E-state index is 13.8. The molecular weight excluding hydrogens is 463 g/mol. The van der Waals surface area contributed by atoms with Gasteiger partial charge in [0.15, 0.2) is 0 Å². The van der Waals surface area contributed by atoms with Crippen molar-refractivity contribution in [2.45, 2.75) is 63.9 Å². The van der Waals surface area contributed by atoms with E-state index in [2.05, 4.69) is 16.8 Å². The number of nitrogens with zero attached hydrogens (tertiary/aromatic N) is 3. The van der Waals surface area contributed by atoms with Crippen molar-refractivity contribution >= 4 is 11.9 Å². The Balaban J connectivity index is 1.33. The van der Waals surface area contributed by atoms with E-state index in [-0.39, 0.29) is 18.4 Å². The first-order valence-corrected chi connectivity index (χ1v) is 12.5. The number of aromatic nitrogens is 1. The van der Waals surface area contributed by atoms with Gasteiger partial charge in [-0.05, 0) is 24.0 Å². The number of carbonyl (C=O) groups excluding carboxylic acids is 2. The highest BCUT2D eigenvalue weighted by atomic mass is 19.4. The number of alkyl halides is 3. The average molecular weight is 496 g/mol. The van der Waals surface area contributed by atoms with Crippen LogP contribution in [0.1, 0.15) is 49.9 Å². The zero-order valence-electron chi connectivity index (χ0n) is 20.1. The number of hydrogen-bond donors (Lipinski definition) is 0. The number of carbonyl (C=O) groups is 2. The highest BCUT2D eigenvalue weighted by Crippen LogP contribution is 2.46. The maximum Gasteiger partial charge on any atom is 0.417 e. The molecule has 0 bridgehead atoms. The van der Waals surface area contributed by atoms with Crippen LogP contribution < -0.4 is 0 Å². The highest BCUT2D eigenvalue weighted by molar-refractivity contribution is 5.89. The van der Waals surface area contributed by atoms with Crippen LogP contribution in [-0.4, -0.2) is 71.2 Å². The third-order valence-electron chi connectivity index (χ3n) is 8.40. The number of halogens is 3. The number of fused-ring (bicyclic) bond motifs is 1. The second-order valence-corrected chi connectivity index (χ2v) is 10.5. The molecule has 0 N–H and O–H groups in total. The lowest BCUT2D eigenvalue weighted by molar-refractivity contribution is -0.159. The van der Waals surface area contributed by atoms with Gasteiger partial charge in [-0.25, -0.2) is 0 Å². The summed E-state index contributed by atoms with van der Waals surface area (Å²) in [5.41, 5.74) is -0.674. The van der Waals surface area contributed by atoms with Crippen molar-refractivity contribution in [3.8, 4) is 0 Å². The predicted octanol–water partition coefficient (Wildman–Crippen LogP) is 3.05. The molecule has 1 aromatic heterocycles. The summed E-state index contributed by atoms with van der Waals surface area (Å²) in [4.78, 5) is 34.5. The monoisotopic (exact) mass is 495 g/mol. The molecule has 3 fully saturated rings. The zero-order valence-corrected chi connectivity index (χ0v) is 20.1. The van der Waals surface area contributed by atoms with E-state index in [1.54, 1.807) is 11.8 Å². The normalized spacial score (nSPS) is 31.3. The fourth-order valence-electron chi connectivity index (χ4n) is 6.41. The lowest BCUT2D eigenvalue weighted by Gasteiger charge is -2.47. The number of hydrogen-bond acceptors (Lipinski definition) is 6. The summed E-state index contributed by atoms with van der Waals surface area (Å²) in [7, 11) is 0. The molecular formula is C25H32F3N3O4. The van der Waals surface area contributed by atoms with E-state index in [0.717, 1.165) is 45.0 Å². The highest BCUT2D eigenvalue weighted by Gasteiger charge is 2.59. The van der Waals surface area contributed by atoms with E-state index >= 15 is 0 Å². The van der Waals surface area contributed by atoms with Crippen LogP contribution in [0.2, 0.25) is 0 Å². The summed E-state index contributed by atoms with van der Waals surface area (Å²) in [5, 5.41) is 0. The lowest BCUT2D eigenvalue weighted by atomic mass is 9.74. The second-order valence-electron chi connectivity index (χ2n) is 10.5. The van der Waals surface area contributed by atoms with Crippen LogP contribution in [-0.2, 0) is 38.2 Å². The summed E-state index contributed by atoms with van der Waals surface area (Å²) in [6.45, 7) is 7.29. The Morgan fingerprint density at radius 1 is 1.20 bits per heavy atom. The average Bonchev–Trinajstić information content (AvgIpc) is 3.07. The predicted molar refractivity (Wildman–Crippen MR) is 119 cm³/mol. The number of pyridine rings is 1. The molecule has 0 aromatic carbocycles. The standard InChI is InChI=1S/C25H32F3N3O4/c1-15-14-34-10-4-20(15)30-8-5-24(6-9-30)21(16(2)23(33)35-24)22(32)31-7-3-19-17(13-31)11-18(12-29-19)25(26,27)28/h11-12,15-16,20-21H,3-10,13-14H2,1-2H3. The topological polar surface area (TPSA) is 72.0 Å². The number of rotatable bonds is 2. The van der Waals surface area contributed by atoms with E-state index in [1.807, 2.05) is 0 Å². The fraction of sp³-hybridized carbons (Fsp3) is 0.720. The SMILES string of the molecule is CC1COCCC1N1CCC2(CC1)OC(=O)C(C)C2C(=O)N1CCc2ncc(C(F)(F)F)cc2C1. The van der Waals surface area contributed by atoms with Crippen molar-refractivity contribution in [3.05, 3.63) is 29.1 Å². The van der Waals surface area contributed by atoms with Gasteiger partial charge >= 0.3 is 12.1 Å². The molecule has 10 heteroatoms. The van der Waals surface area contributed by atoms with Gasteiger partial charge in [0.2, 0.25) is 5.91 Å². The third-order valence-corrected chi connectivity index (χ3v) is 8.40. The Morgan fingerprint density at radius 3 is 2.63 bits per heavy atom. The van der Waals surface area contributed by atoms with Crippen LogP contribution in [0, 0.1) is 17.8 Å². The summed E-state index contributed by atoms with van der Waals surface area (Å²) < 4.78 is 51.1. The van der Waals surface area contributed by atoms with Gasteiger partial charge in [0, 0.05) is 70.0 Å². The van der Waals surface area contributed by atoms with Gasteiger partial charge in [-0.2, -0.15) is 13.2 Å². The van der Waals surface area contributed by atoms with Crippen molar-refractivity contribution in [2.24, 2.45) is 17.8 Å². The van der Waals surface area contributed by atoms with Crippen molar-refractivity contribution in [2.75, 3.05) is 32.8 Å². The van der Waals surface area contributed by atoms with E-state index in [4.69, 9.17) is 9.47 Å². The van der Waals surface area contributed by atoms with E-state index in [0.29, 0.717) is 49.0 Å². The fourth-order valence-corrected chi connectivity index (χ4v) is 6.41. The van der Waals surface area contributed by atoms with Gasteiger partial charge < -0.3 is 14.4 Å². The molecule has 1 spiro atoms. The molecule has 5 rings (SSSR count). The van der Waals surface area contributed by atoms with Crippen molar-refractivity contribution in [1.82, 2.24) is 14.8 Å². The molecule has 4 aliphatic heterocycles. The summed E-state index contributed by atoms with van der Waals surface area (Å²) in [6.07, 6.45) is -1.13. The van der Waals surface area contributed by atoms with Crippen LogP contribution in [0.3, 0.4) is 0 Å². The van der Waals surface area contributed by atoms with Gasteiger partial charge in [0.05, 0.1) is 24.0 Å². The molecule has 0 saturated carbocycles. The van der Waals surface area contributed by atoms with E-state index in [9.17, 15) is 22.8 Å². The minimum Gasteiger partial charge on any atom is -0.458 e. The van der Waals surface area contributed by atoms with Crippen LogP contribution in [0.5, 0.6) is 0 Å². The van der Waals surface area contributed by atoms with Crippen LogP contribution in [0.25, 0.3) is 0 Å². The first-order valence-electron chi connectivity index (χ1n) is 12.5. The van der Waals surface area contributed by atoms with Crippen LogP contribution in [0.4, 0.5) is 13.2 Å². The third kappa shape index (κ3) is 4.43. The smallest absolute Gasteiger partial charge is 0.417 e. The molecule has 5 heterocycles. The summed E-state index contributed by atoms with van der Waals surface area (Å²) in [5.74, 6) is -1.38. The van der Waals surface area contributed by atoms with Crippen molar-refractivity contribution in [1.29, 1.82) is 0 Å². The van der Waals surface area contributed by atoms with Crippen LogP contribution in [0.15, 0.2) is 12.3 Å². The first-order chi connectivity index (χ1) is 16.6. The molecule has 3 saturated heterocycles. The number of esters is 1. The molecule has 4 aliphatic rings. The van der Waals surface area contributed by atoms with Crippen LogP contribution >= 0.6 is 0 Å². The van der Waals surface area contributed by atoms with Gasteiger partial charge in [-0.15, -0.1) is 0 Å². The molecule has 192 valence electrons. The molecule has 35 heavy (non-hydrogen) atoms. The van der Waals surface area contributed by atoms with E-state index < -0.39 is 29.2 Å². The number of piperidine rings is 1. The van der Waals surface area contributed by atoms with Crippen molar-refractivity contribution in [3.63, 3.8) is 0 Å². The molecule has 4 unspecified atom stereocenters. The maximum atomic E-state index is 13.8. The minimum absolute atomic E-state index is 0.0598. The lowest BCUT2D eigenvalue weighted by Crippen LogP contribution is -2.56. The summed E-state index contributed by atoms with van der Waals surface area (Å²) in [6, 6.07) is 1.50. The molecule has 7 nitrogen and oxygen atoms in total. The molecule has 0 radical (unpaired) electrons. The Labute approximate surface area is 202 Å². The van der Waals surface area contributed by atoms with Gasteiger partial charge in [0.1, 0.15) is 5.60 Å². The first kappa shape index (κ1) is 24.5. The number of amides is 1. The number of ether oxygens (including phenoxy) is 2. The second kappa shape index (κ2) is 9.03. The van der Waals surface area contributed by atoms with Gasteiger partial charge in [-0.3, -0.25) is 19.5 Å². The zero-order chi connectivity index (χ0) is 25.0. The molecule has 1 amide bonds. The van der Waals surface area contributed by atoms with E-state index in [1.165, 1.54) is 0 Å². The molecule has 4 atom stereocenters. The Bertz CT molecular complexity index is 993. The molecule has 1 aromatic rings. The number of likely N-dealkylation sites (tertiary alicyclic amines) is 1. The largest absolute Gasteiger partial charge is 0.458 e. The van der Waals surface area contributed by atoms with Crippen molar-refractivity contribution < 1.29 is 32.2 Å². The summed E-state index contributed by atoms with van der Waals surface area (Å²) >= 11 is 0. The Hall–Kier alpha value is -2.20. The van der Waals surface area contributed by atoms with Gasteiger partial charge in [-0.1, -0.05) is 13.8 Å². The Kier molecular flexibility index (Phi) is 6.32. The quantitative estimate of drug-likeness (QED) is 0.588. The molecule has 0 aliphatic carbocycles.